The molecule has 0 saturated heterocycles. The molecule has 2 nitrogen and oxygen atoms in total. The SMILES string of the molecule is Cl.N#Cc1ccc([C@H](N)C(F)(F)C(F)(F)F)cc1. The van der Waals surface area contributed by atoms with Gasteiger partial charge in [-0.25, -0.2) is 0 Å². The highest BCUT2D eigenvalue weighted by atomic mass is 35.5. The van der Waals surface area contributed by atoms with E-state index in [1.807, 2.05) is 0 Å². The lowest BCUT2D eigenvalue weighted by molar-refractivity contribution is -0.291. The van der Waals surface area contributed by atoms with E-state index in [1.165, 1.54) is 0 Å². The Labute approximate surface area is 106 Å². The molecular formula is C10H8ClF5N2. The van der Waals surface area contributed by atoms with Gasteiger partial charge in [-0.1, -0.05) is 12.1 Å². The summed E-state index contributed by atoms with van der Waals surface area (Å²) >= 11 is 0. The summed E-state index contributed by atoms with van der Waals surface area (Å²) < 4.78 is 61.9. The third-order valence-corrected chi connectivity index (χ3v) is 2.17. The zero-order valence-electron chi connectivity index (χ0n) is 8.71. The summed E-state index contributed by atoms with van der Waals surface area (Å²) in [5.74, 6) is -5.01. The van der Waals surface area contributed by atoms with E-state index >= 15 is 0 Å². The van der Waals surface area contributed by atoms with E-state index in [9.17, 15) is 22.0 Å². The fourth-order valence-corrected chi connectivity index (χ4v) is 1.15. The van der Waals surface area contributed by atoms with Crippen molar-refractivity contribution in [2.24, 2.45) is 5.73 Å². The third-order valence-electron chi connectivity index (χ3n) is 2.17. The molecule has 1 aromatic carbocycles. The van der Waals surface area contributed by atoms with Crippen molar-refractivity contribution in [3.63, 3.8) is 0 Å². The number of nitrogens with two attached hydrogens (primary N) is 1. The van der Waals surface area contributed by atoms with Gasteiger partial charge in [-0.15, -0.1) is 12.4 Å². The highest BCUT2D eigenvalue weighted by Crippen LogP contribution is 2.43. The molecule has 0 radical (unpaired) electrons. The van der Waals surface area contributed by atoms with E-state index in [0.29, 0.717) is 0 Å². The number of benzene rings is 1. The summed E-state index contributed by atoms with van der Waals surface area (Å²) in [4.78, 5) is 0. The zero-order valence-corrected chi connectivity index (χ0v) is 9.53. The van der Waals surface area contributed by atoms with Crippen molar-refractivity contribution in [2.45, 2.75) is 18.1 Å². The van der Waals surface area contributed by atoms with Crippen molar-refractivity contribution in [1.82, 2.24) is 0 Å². The van der Waals surface area contributed by atoms with E-state index in [2.05, 4.69) is 0 Å². The number of alkyl halides is 5. The van der Waals surface area contributed by atoms with Crippen LogP contribution in [0.25, 0.3) is 0 Å². The minimum Gasteiger partial charge on any atom is -0.319 e. The number of nitrogens with zero attached hydrogens (tertiary/aromatic N) is 1. The van der Waals surface area contributed by atoms with Gasteiger partial charge in [0.05, 0.1) is 11.6 Å². The fraction of sp³-hybridized carbons (Fsp3) is 0.300. The summed E-state index contributed by atoms with van der Waals surface area (Å²) in [5.41, 5.74) is 4.66. The summed E-state index contributed by atoms with van der Waals surface area (Å²) in [6.45, 7) is 0. The number of hydrogen-bond acceptors (Lipinski definition) is 2. The Morgan fingerprint density at radius 2 is 1.50 bits per heavy atom. The lowest BCUT2D eigenvalue weighted by atomic mass is 10.00. The van der Waals surface area contributed by atoms with E-state index in [4.69, 9.17) is 11.0 Å². The molecule has 0 amide bonds. The Hall–Kier alpha value is -1.39. The second-order valence-corrected chi connectivity index (χ2v) is 3.33. The summed E-state index contributed by atoms with van der Waals surface area (Å²) in [7, 11) is 0. The van der Waals surface area contributed by atoms with Crippen LogP contribution in [0.4, 0.5) is 22.0 Å². The molecule has 0 unspecified atom stereocenters. The third kappa shape index (κ3) is 3.09. The number of nitriles is 1. The van der Waals surface area contributed by atoms with Crippen molar-refractivity contribution in [2.75, 3.05) is 0 Å². The van der Waals surface area contributed by atoms with E-state index < -0.39 is 18.1 Å². The molecule has 0 aliphatic rings. The maximum Gasteiger partial charge on any atom is 0.455 e. The zero-order chi connectivity index (χ0) is 13.3. The van der Waals surface area contributed by atoms with Crippen LogP contribution in [0.1, 0.15) is 17.2 Å². The topological polar surface area (TPSA) is 49.8 Å². The average Bonchev–Trinajstić information content (AvgIpc) is 2.26. The van der Waals surface area contributed by atoms with Crippen LogP contribution in [0.5, 0.6) is 0 Å². The summed E-state index contributed by atoms with van der Waals surface area (Å²) in [6.07, 6.45) is -5.71. The highest BCUT2D eigenvalue weighted by molar-refractivity contribution is 5.85. The van der Waals surface area contributed by atoms with Crippen molar-refractivity contribution in [3.8, 4) is 6.07 Å². The van der Waals surface area contributed by atoms with Gasteiger partial charge in [-0.05, 0) is 17.7 Å². The van der Waals surface area contributed by atoms with Crippen LogP contribution in [0.15, 0.2) is 24.3 Å². The van der Waals surface area contributed by atoms with Gasteiger partial charge in [0.1, 0.15) is 6.04 Å². The predicted octanol–water partition coefficient (Wildman–Crippen LogP) is 3.18. The van der Waals surface area contributed by atoms with Crippen LogP contribution < -0.4 is 5.73 Å². The molecule has 0 bridgehead atoms. The van der Waals surface area contributed by atoms with E-state index in [0.717, 1.165) is 24.3 Å². The Morgan fingerprint density at radius 1 is 1.06 bits per heavy atom. The number of hydrogen-bond donors (Lipinski definition) is 1. The van der Waals surface area contributed by atoms with E-state index in [-0.39, 0.29) is 23.5 Å². The molecule has 1 aromatic rings. The Morgan fingerprint density at radius 3 is 1.83 bits per heavy atom. The molecular weight excluding hydrogens is 279 g/mol. The molecule has 8 heteroatoms. The normalized spacial score (nSPS) is 13.4. The fourth-order valence-electron chi connectivity index (χ4n) is 1.15. The Kier molecular flexibility index (Phi) is 5.08. The first-order chi connectivity index (χ1) is 7.70. The maximum absolute atomic E-state index is 12.9. The molecule has 1 rings (SSSR count). The molecule has 0 aliphatic heterocycles. The summed E-state index contributed by atoms with van der Waals surface area (Å²) in [5, 5.41) is 8.45. The van der Waals surface area contributed by atoms with Gasteiger partial charge in [0, 0.05) is 0 Å². The molecule has 0 heterocycles. The van der Waals surface area contributed by atoms with Gasteiger partial charge in [-0.3, -0.25) is 0 Å². The summed E-state index contributed by atoms with van der Waals surface area (Å²) in [6, 6.07) is 3.42. The number of rotatable bonds is 2. The first kappa shape index (κ1) is 16.6. The molecule has 0 saturated carbocycles. The second-order valence-electron chi connectivity index (χ2n) is 3.33. The van der Waals surface area contributed by atoms with Gasteiger partial charge in [0.15, 0.2) is 0 Å². The minimum atomic E-state index is -5.71. The van der Waals surface area contributed by atoms with Crippen LogP contribution in [-0.4, -0.2) is 12.1 Å². The van der Waals surface area contributed by atoms with Gasteiger partial charge >= 0.3 is 12.1 Å². The highest BCUT2D eigenvalue weighted by Gasteiger charge is 2.61. The molecule has 0 fully saturated rings. The van der Waals surface area contributed by atoms with Gasteiger partial charge < -0.3 is 5.73 Å². The predicted molar refractivity (Wildman–Crippen MR) is 56.3 cm³/mol. The van der Waals surface area contributed by atoms with Crippen LogP contribution in [-0.2, 0) is 0 Å². The van der Waals surface area contributed by atoms with Crippen molar-refractivity contribution >= 4 is 12.4 Å². The van der Waals surface area contributed by atoms with Crippen molar-refractivity contribution in [1.29, 1.82) is 5.26 Å². The quantitative estimate of drug-likeness (QED) is 0.849. The Bertz CT molecular complexity index is 435. The largest absolute Gasteiger partial charge is 0.455 e. The van der Waals surface area contributed by atoms with Crippen LogP contribution in [0.2, 0.25) is 0 Å². The lowest BCUT2D eigenvalue weighted by Gasteiger charge is -2.25. The van der Waals surface area contributed by atoms with Crippen molar-refractivity contribution < 1.29 is 22.0 Å². The molecule has 0 spiro atoms. The molecule has 18 heavy (non-hydrogen) atoms. The molecule has 100 valence electrons. The Balaban J connectivity index is 0.00000289. The van der Waals surface area contributed by atoms with Gasteiger partial charge in [0.25, 0.3) is 0 Å². The lowest BCUT2D eigenvalue weighted by Crippen LogP contribution is -2.45. The van der Waals surface area contributed by atoms with E-state index in [1.54, 1.807) is 6.07 Å². The average molecular weight is 287 g/mol. The first-order valence-electron chi connectivity index (χ1n) is 4.40. The van der Waals surface area contributed by atoms with Crippen LogP contribution in [0.3, 0.4) is 0 Å². The van der Waals surface area contributed by atoms with Crippen LogP contribution in [0, 0.1) is 11.3 Å². The second kappa shape index (κ2) is 5.50. The number of halogens is 6. The van der Waals surface area contributed by atoms with Gasteiger partial charge in [-0.2, -0.15) is 27.2 Å². The smallest absolute Gasteiger partial charge is 0.319 e. The first-order valence-corrected chi connectivity index (χ1v) is 4.40. The molecule has 2 N–H and O–H groups in total. The molecule has 0 aromatic heterocycles. The maximum atomic E-state index is 12.9. The van der Waals surface area contributed by atoms with Gasteiger partial charge in [0.2, 0.25) is 0 Å². The van der Waals surface area contributed by atoms with Crippen molar-refractivity contribution in [3.05, 3.63) is 35.4 Å². The molecule has 1 atom stereocenters. The minimum absolute atomic E-state index is 0. The van der Waals surface area contributed by atoms with Crippen LogP contribution >= 0.6 is 12.4 Å². The molecule has 0 aliphatic carbocycles. The monoisotopic (exact) mass is 286 g/mol. The standard InChI is InChI=1S/C10H7F5N2.ClH/c11-9(12,10(13,14)15)8(17)7-3-1-6(5-16)2-4-7;/h1-4,8H,17H2;1H/t8-;/m0./s1.